The third-order valence-electron chi connectivity index (χ3n) is 1.70. The maximum atomic E-state index is 11.3. The Morgan fingerprint density at radius 3 is 2.93 bits per heavy atom. The van der Waals surface area contributed by atoms with Gasteiger partial charge < -0.3 is 15.1 Å². The van der Waals surface area contributed by atoms with E-state index in [0.717, 1.165) is 0 Å². The molecule has 2 rings (SSSR count). The standard InChI is InChI=1S/C6H3BrN4O3/c7-2-3-4(9-1-8-3)6(12)10-5(2)11(13)14/h1H,(H,8,9)(H,10,12). The van der Waals surface area contributed by atoms with E-state index < -0.39 is 16.3 Å². The van der Waals surface area contributed by atoms with E-state index in [4.69, 9.17) is 0 Å². The molecule has 72 valence electrons. The van der Waals surface area contributed by atoms with Crippen LogP contribution in [0.5, 0.6) is 0 Å². The molecule has 0 saturated heterocycles. The van der Waals surface area contributed by atoms with Crippen LogP contribution in [0.3, 0.4) is 0 Å². The van der Waals surface area contributed by atoms with Crippen molar-refractivity contribution >= 4 is 32.8 Å². The average molecular weight is 259 g/mol. The first-order valence-electron chi connectivity index (χ1n) is 3.50. The number of nitro groups is 1. The first-order chi connectivity index (χ1) is 6.61. The Balaban J connectivity index is 2.96. The van der Waals surface area contributed by atoms with E-state index in [0.29, 0.717) is 0 Å². The Bertz CT molecular complexity index is 572. The monoisotopic (exact) mass is 258 g/mol. The van der Waals surface area contributed by atoms with Crippen LogP contribution in [-0.4, -0.2) is 19.9 Å². The molecular weight excluding hydrogens is 256 g/mol. The molecule has 0 radical (unpaired) electrons. The van der Waals surface area contributed by atoms with Gasteiger partial charge >= 0.3 is 11.4 Å². The van der Waals surface area contributed by atoms with E-state index in [1.54, 1.807) is 0 Å². The lowest BCUT2D eigenvalue weighted by Gasteiger charge is -1.96. The van der Waals surface area contributed by atoms with Gasteiger partial charge in [-0.05, 0) is 20.9 Å². The molecule has 0 aliphatic carbocycles. The molecule has 0 fully saturated rings. The maximum absolute atomic E-state index is 11.3. The van der Waals surface area contributed by atoms with E-state index in [1.807, 2.05) is 0 Å². The highest BCUT2D eigenvalue weighted by molar-refractivity contribution is 9.10. The van der Waals surface area contributed by atoms with Gasteiger partial charge in [-0.2, -0.15) is 0 Å². The number of halogens is 1. The topological polar surface area (TPSA) is 105 Å². The van der Waals surface area contributed by atoms with Gasteiger partial charge in [0.2, 0.25) is 0 Å². The summed E-state index contributed by atoms with van der Waals surface area (Å²) in [5.41, 5.74) is -0.102. The van der Waals surface area contributed by atoms with Crippen molar-refractivity contribution in [1.82, 2.24) is 15.0 Å². The molecule has 2 heterocycles. The third kappa shape index (κ3) is 1.11. The molecule has 0 saturated carbocycles. The van der Waals surface area contributed by atoms with Gasteiger partial charge in [0.25, 0.3) is 0 Å². The Hall–Kier alpha value is -1.70. The van der Waals surface area contributed by atoms with E-state index in [-0.39, 0.29) is 15.5 Å². The van der Waals surface area contributed by atoms with Crippen LogP contribution in [0, 0.1) is 10.1 Å². The first-order valence-corrected chi connectivity index (χ1v) is 4.30. The van der Waals surface area contributed by atoms with Gasteiger partial charge in [0.05, 0.1) is 6.33 Å². The number of rotatable bonds is 1. The maximum Gasteiger partial charge on any atom is 0.357 e. The van der Waals surface area contributed by atoms with Gasteiger partial charge in [0.15, 0.2) is 5.52 Å². The number of H-pyrrole nitrogens is 2. The molecular formula is C6H3BrN4O3. The quantitative estimate of drug-likeness (QED) is 0.586. The van der Waals surface area contributed by atoms with Gasteiger partial charge in [0, 0.05) is 0 Å². The highest BCUT2D eigenvalue weighted by atomic mass is 79.9. The minimum atomic E-state index is -0.681. The second kappa shape index (κ2) is 2.91. The molecule has 0 unspecified atom stereocenters. The van der Waals surface area contributed by atoms with Crippen LogP contribution in [0.4, 0.5) is 5.82 Å². The van der Waals surface area contributed by atoms with Crippen LogP contribution < -0.4 is 5.56 Å². The van der Waals surface area contributed by atoms with Crippen molar-refractivity contribution in [2.75, 3.05) is 0 Å². The highest BCUT2D eigenvalue weighted by Gasteiger charge is 2.18. The molecule has 0 amide bonds. The van der Waals surface area contributed by atoms with Crippen molar-refractivity contribution < 1.29 is 4.92 Å². The van der Waals surface area contributed by atoms with Crippen LogP contribution in [0.2, 0.25) is 0 Å². The largest absolute Gasteiger partial charge is 0.358 e. The number of hydrogen-bond donors (Lipinski definition) is 2. The summed E-state index contributed by atoms with van der Waals surface area (Å²) in [6.45, 7) is 0. The highest BCUT2D eigenvalue weighted by Crippen LogP contribution is 2.26. The molecule has 7 nitrogen and oxygen atoms in total. The van der Waals surface area contributed by atoms with E-state index in [2.05, 4.69) is 30.9 Å². The van der Waals surface area contributed by atoms with Gasteiger partial charge in [-0.25, -0.2) is 14.8 Å². The number of imidazole rings is 1. The number of pyridine rings is 1. The lowest BCUT2D eigenvalue weighted by atomic mass is 10.4. The predicted molar refractivity (Wildman–Crippen MR) is 51.1 cm³/mol. The SMILES string of the molecule is O=c1[nH]c([N+](=O)[O-])c(Br)c2nc[nH]c12. The summed E-state index contributed by atoms with van der Waals surface area (Å²) in [5, 5.41) is 10.5. The third-order valence-corrected chi connectivity index (χ3v) is 2.45. The van der Waals surface area contributed by atoms with Crippen LogP contribution in [0.15, 0.2) is 15.6 Å². The summed E-state index contributed by atoms with van der Waals surface area (Å²) in [6.07, 6.45) is 1.30. The van der Waals surface area contributed by atoms with Gasteiger partial charge in [0.1, 0.15) is 9.99 Å². The lowest BCUT2D eigenvalue weighted by Crippen LogP contribution is -2.09. The number of nitrogens with one attached hydrogen (secondary N) is 2. The zero-order valence-electron chi connectivity index (χ0n) is 6.57. The van der Waals surface area contributed by atoms with Crippen molar-refractivity contribution in [2.45, 2.75) is 0 Å². The van der Waals surface area contributed by atoms with Crippen LogP contribution >= 0.6 is 15.9 Å². The Kier molecular flexibility index (Phi) is 1.84. The fraction of sp³-hybridized carbons (Fsp3) is 0. The second-order valence-electron chi connectivity index (χ2n) is 2.50. The predicted octanol–water partition coefficient (Wildman–Crippen LogP) is 0.922. The molecule has 14 heavy (non-hydrogen) atoms. The number of fused-ring (bicyclic) bond motifs is 1. The number of nitrogens with zero attached hydrogens (tertiary/aromatic N) is 2. The molecule has 0 aromatic carbocycles. The van der Waals surface area contributed by atoms with E-state index in [9.17, 15) is 14.9 Å². The Labute approximate surface area is 84.4 Å². The first kappa shape index (κ1) is 8.88. The number of hydrogen-bond acceptors (Lipinski definition) is 4. The summed E-state index contributed by atoms with van der Waals surface area (Å²) in [5.74, 6) is -0.394. The molecule has 2 N–H and O–H groups in total. The normalized spacial score (nSPS) is 10.6. The fourth-order valence-corrected chi connectivity index (χ4v) is 1.64. The minimum Gasteiger partial charge on any atom is -0.358 e. The Morgan fingerprint density at radius 2 is 2.29 bits per heavy atom. The summed E-state index contributed by atoms with van der Waals surface area (Å²) in [4.78, 5) is 29.6. The molecule has 2 aromatic rings. The summed E-state index contributed by atoms with van der Waals surface area (Å²) < 4.78 is 0.165. The lowest BCUT2D eigenvalue weighted by molar-refractivity contribution is -0.390. The van der Waals surface area contributed by atoms with Gasteiger partial charge in [-0.3, -0.25) is 0 Å². The molecule has 2 aromatic heterocycles. The van der Waals surface area contributed by atoms with Crippen LogP contribution in [-0.2, 0) is 0 Å². The minimum absolute atomic E-state index is 0.165. The zero-order chi connectivity index (χ0) is 10.3. The van der Waals surface area contributed by atoms with Crippen molar-refractivity contribution in [3.05, 3.63) is 31.3 Å². The van der Waals surface area contributed by atoms with Crippen molar-refractivity contribution in [2.24, 2.45) is 0 Å². The van der Waals surface area contributed by atoms with Crippen molar-refractivity contribution in [1.29, 1.82) is 0 Å². The number of aromatic amines is 2. The zero-order valence-corrected chi connectivity index (χ0v) is 8.16. The Morgan fingerprint density at radius 1 is 1.57 bits per heavy atom. The average Bonchev–Trinajstić information content (AvgIpc) is 2.59. The number of aromatic nitrogens is 3. The molecule has 0 spiro atoms. The summed E-state index contributed by atoms with van der Waals surface area (Å²) in [7, 11) is 0. The van der Waals surface area contributed by atoms with Crippen LogP contribution in [0.25, 0.3) is 11.0 Å². The molecule has 0 bridgehead atoms. The second-order valence-corrected chi connectivity index (χ2v) is 3.29. The van der Waals surface area contributed by atoms with E-state index >= 15 is 0 Å². The molecule has 0 aliphatic rings. The van der Waals surface area contributed by atoms with Crippen molar-refractivity contribution in [3.63, 3.8) is 0 Å². The smallest absolute Gasteiger partial charge is 0.357 e. The fourth-order valence-electron chi connectivity index (χ4n) is 1.10. The van der Waals surface area contributed by atoms with Crippen LogP contribution in [0.1, 0.15) is 0 Å². The molecule has 0 aliphatic heterocycles. The molecule has 8 heteroatoms. The summed E-state index contributed by atoms with van der Waals surface area (Å²) >= 11 is 3.00. The summed E-state index contributed by atoms with van der Waals surface area (Å²) in [6, 6.07) is 0. The molecule has 0 atom stereocenters. The van der Waals surface area contributed by atoms with Crippen molar-refractivity contribution in [3.8, 4) is 0 Å². The van der Waals surface area contributed by atoms with Gasteiger partial charge in [-0.1, -0.05) is 0 Å². The van der Waals surface area contributed by atoms with Gasteiger partial charge in [-0.15, -0.1) is 0 Å². The van der Waals surface area contributed by atoms with E-state index in [1.165, 1.54) is 6.33 Å².